The molecule has 19 N–H and O–H groups in total. The molecule has 0 fully saturated rings. The highest BCUT2D eigenvalue weighted by Gasteiger charge is 2.62. The molecule has 2 bridgehead atoms. The van der Waals surface area contributed by atoms with Gasteiger partial charge in [0.25, 0.3) is 0 Å². The van der Waals surface area contributed by atoms with Gasteiger partial charge < -0.3 is 121 Å². The number of fused-ring (bicyclic) bond motifs is 10. The van der Waals surface area contributed by atoms with Gasteiger partial charge in [0.2, 0.25) is 0 Å². The average molecular weight is 1150 g/mol. The van der Waals surface area contributed by atoms with Crippen LogP contribution in [0.5, 0.6) is 115 Å². The van der Waals surface area contributed by atoms with E-state index >= 15 is 0 Å². The fraction of sp³-hybridized carbons (Fsp3) is 0.200. The highest BCUT2D eigenvalue weighted by Crippen LogP contribution is 2.67. The van der Waals surface area contributed by atoms with Crippen LogP contribution in [0.2, 0.25) is 0 Å². The van der Waals surface area contributed by atoms with Crippen molar-refractivity contribution in [1.82, 2.24) is 0 Å². The van der Waals surface area contributed by atoms with E-state index in [1.54, 1.807) is 0 Å². The zero-order chi connectivity index (χ0) is 59.4. The Bertz CT molecular complexity index is 4110. The Morgan fingerprint density at radius 3 is 1.38 bits per heavy atom. The van der Waals surface area contributed by atoms with Gasteiger partial charge in [0.15, 0.2) is 58.2 Å². The Hall–Kier alpha value is -10.4. The largest absolute Gasteiger partial charge is 0.508 e. The van der Waals surface area contributed by atoms with Crippen LogP contribution >= 0.6 is 0 Å². The van der Waals surface area contributed by atoms with Crippen LogP contribution in [-0.4, -0.2) is 121 Å². The topological polar surface area (TPSA) is 431 Å². The molecular weight excluding hydrogens is 1100 g/mol. The fourth-order valence-corrected chi connectivity index (χ4v) is 12.5. The van der Waals surface area contributed by atoms with E-state index < -0.39 is 193 Å². The maximum absolute atomic E-state index is 13.2. The maximum Gasteiger partial charge on any atom is 0.305 e. The molecule has 0 spiro atoms. The Balaban J connectivity index is 1.08. The number of hydrogen-bond donors (Lipinski definition) is 19. The molecule has 24 nitrogen and oxygen atoms in total. The van der Waals surface area contributed by atoms with Gasteiger partial charge in [-0.15, -0.1) is 0 Å². The molecule has 5 aliphatic heterocycles. The first-order chi connectivity index (χ1) is 40.0. The van der Waals surface area contributed by atoms with Crippen molar-refractivity contribution < 1.29 is 121 Å². The predicted molar refractivity (Wildman–Crippen MR) is 283 cm³/mol. The van der Waals surface area contributed by atoms with Crippen LogP contribution in [0.4, 0.5) is 0 Å². The molecule has 5 heterocycles. The second-order valence-electron chi connectivity index (χ2n) is 21.2. The van der Waals surface area contributed by atoms with Crippen molar-refractivity contribution in [2.45, 2.75) is 72.7 Å². The van der Waals surface area contributed by atoms with E-state index in [2.05, 4.69) is 0 Å². The number of phenolic OH excluding ortho intramolecular Hbond substituents is 15. The number of benzene rings is 8. The number of hydrogen-bond acceptors (Lipinski definition) is 24. The van der Waals surface area contributed by atoms with Crippen LogP contribution in [0.15, 0.2) is 103 Å². The first kappa shape index (κ1) is 52.9. The summed E-state index contributed by atoms with van der Waals surface area (Å²) in [6.45, 7) is 0. The van der Waals surface area contributed by atoms with Crippen LogP contribution in [0.3, 0.4) is 0 Å². The lowest BCUT2D eigenvalue weighted by molar-refractivity contribution is -0.219. The first-order valence-electron chi connectivity index (χ1n) is 25.8. The molecule has 8 aromatic rings. The summed E-state index contributed by atoms with van der Waals surface area (Å²) in [4.78, 5) is 0. The molecule has 11 atom stereocenters. The summed E-state index contributed by atoms with van der Waals surface area (Å²) >= 11 is 0. The minimum Gasteiger partial charge on any atom is -0.508 e. The zero-order valence-electron chi connectivity index (χ0n) is 42.8. The van der Waals surface area contributed by atoms with Crippen LogP contribution < -0.4 is 23.7 Å². The van der Waals surface area contributed by atoms with E-state index in [9.17, 15) is 97.0 Å². The van der Waals surface area contributed by atoms with Gasteiger partial charge in [0.1, 0.15) is 93.4 Å². The molecule has 432 valence electrons. The lowest BCUT2D eigenvalue weighted by Crippen LogP contribution is -2.57. The van der Waals surface area contributed by atoms with Crippen LogP contribution in [0.25, 0.3) is 0 Å². The molecule has 0 aromatic heterocycles. The maximum atomic E-state index is 13.2. The summed E-state index contributed by atoms with van der Waals surface area (Å²) in [7, 11) is 0. The van der Waals surface area contributed by atoms with Gasteiger partial charge in [-0.25, -0.2) is 0 Å². The molecule has 0 amide bonds. The minimum atomic E-state index is -2.58. The van der Waals surface area contributed by atoms with E-state index in [-0.39, 0.29) is 56.0 Å². The third-order valence-electron chi connectivity index (χ3n) is 16.4. The summed E-state index contributed by atoms with van der Waals surface area (Å²) in [6, 6.07) is 18.4. The van der Waals surface area contributed by atoms with E-state index in [1.165, 1.54) is 24.3 Å². The van der Waals surface area contributed by atoms with Crippen molar-refractivity contribution in [3.8, 4) is 115 Å². The summed E-state index contributed by atoms with van der Waals surface area (Å²) in [6.07, 6.45) is -12.7. The van der Waals surface area contributed by atoms with Gasteiger partial charge in [-0.3, -0.25) is 0 Å². The fourth-order valence-electron chi connectivity index (χ4n) is 12.5. The number of ether oxygens (including phenoxy) is 5. The first-order valence-corrected chi connectivity index (χ1v) is 25.8. The smallest absolute Gasteiger partial charge is 0.305 e. The molecule has 0 saturated heterocycles. The summed E-state index contributed by atoms with van der Waals surface area (Å²) in [5.41, 5.74) is -2.68. The van der Waals surface area contributed by atoms with Crippen molar-refractivity contribution >= 4 is 0 Å². The van der Waals surface area contributed by atoms with Gasteiger partial charge in [-0.2, -0.15) is 0 Å². The van der Waals surface area contributed by atoms with E-state index in [0.717, 1.165) is 78.9 Å². The molecular formula is C60H48O24. The molecule has 0 radical (unpaired) electrons. The highest BCUT2D eigenvalue weighted by atomic mass is 16.7. The normalized spacial score (nSPS) is 25.1. The molecule has 24 heteroatoms. The third-order valence-corrected chi connectivity index (χ3v) is 16.4. The standard InChI is InChI=1S/C60H48O24/c61-23-13-34(71)42-39(14-23)80-55(20-2-6-26(63)31(68)10-20)52(77)48(42)43-36(73)17-40-46(51(43)76)50-47-41(84-60(83-40,59(50)79)22-4-8-28(65)33(70)12-22)18-37(74)45-49(53(78)56(82-58(45)47)21-3-7-27(64)32(69)11-21)44-35(72)16-29(66)24-15-38(75)54(81-57(24)44)19-1-5-25(62)30(67)9-19/h1-14,16-18,38,48-50,52-56,59,61-79H,15H2/t38-,48-,49+,50+,52-,53-,54-,55-,56-,59-,60-/m1/s1. The Morgan fingerprint density at radius 1 is 0.345 bits per heavy atom. The summed E-state index contributed by atoms with van der Waals surface area (Å²) < 4.78 is 32.4. The van der Waals surface area contributed by atoms with Crippen molar-refractivity contribution in [2.75, 3.05) is 0 Å². The SMILES string of the molecule is Oc1cc(O)c2c(c1)O[C@H](c1ccc(O)c(O)c1)[C@H](O)[C@H]2c1c(O)cc2c(c1O)[C@H]1c3c(cc(O)c4c3O[C@H](c3ccc(O)c(O)c3)[C@H](O)[C@H]4c3c(O)cc(O)c4c3O[C@H](c3ccc(O)c(O)c3)[C@H](O)C4)O[C@@](c3ccc(O)c(O)c3)(O2)[C@@H]1O. The second kappa shape index (κ2) is 18.6. The zero-order valence-corrected chi connectivity index (χ0v) is 42.8. The molecule has 5 aliphatic rings. The molecule has 0 aliphatic carbocycles. The lowest BCUT2D eigenvalue weighted by atomic mass is 9.70. The molecule has 0 unspecified atom stereocenters. The van der Waals surface area contributed by atoms with Crippen molar-refractivity contribution in [3.05, 3.63) is 164 Å². The molecule has 13 rings (SSSR count). The van der Waals surface area contributed by atoms with Crippen molar-refractivity contribution in [2.24, 2.45) is 0 Å². The van der Waals surface area contributed by atoms with Crippen LogP contribution in [0, 0.1) is 0 Å². The predicted octanol–water partition coefficient (Wildman–Crippen LogP) is 5.69. The Labute approximate surface area is 471 Å². The molecule has 8 aromatic carbocycles. The summed E-state index contributed by atoms with van der Waals surface area (Å²) in [5.74, 6) is -20.2. The number of phenols is 15. The average Bonchev–Trinajstić information content (AvgIpc) is 1.16. The number of aromatic hydroxyl groups is 15. The third kappa shape index (κ3) is 7.68. The Morgan fingerprint density at radius 2 is 0.810 bits per heavy atom. The van der Waals surface area contributed by atoms with Crippen LogP contribution in [0.1, 0.15) is 97.3 Å². The van der Waals surface area contributed by atoms with Gasteiger partial charge in [0, 0.05) is 81.3 Å². The lowest BCUT2D eigenvalue weighted by Gasteiger charge is -2.51. The van der Waals surface area contributed by atoms with Gasteiger partial charge >= 0.3 is 5.79 Å². The molecule has 0 saturated carbocycles. The molecule has 84 heavy (non-hydrogen) atoms. The number of aliphatic hydroxyl groups excluding tert-OH is 4. The van der Waals surface area contributed by atoms with Crippen LogP contribution in [-0.2, 0) is 12.2 Å². The monoisotopic (exact) mass is 1150 g/mol. The van der Waals surface area contributed by atoms with Gasteiger partial charge in [-0.05, 0) is 71.3 Å². The Kier molecular flexibility index (Phi) is 11.7. The van der Waals surface area contributed by atoms with Gasteiger partial charge in [0.05, 0.1) is 23.9 Å². The van der Waals surface area contributed by atoms with E-state index in [0.29, 0.717) is 0 Å². The highest BCUT2D eigenvalue weighted by molar-refractivity contribution is 5.74. The quantitative estimate of drug-likeness (QED) is 0.0889. The van der Waals surface area contributed by atoms with Crippen molar-refractivity contribution in [3.63, 3.8) is 0 Å². The summed E-state index contributed by atoms with van der Waals surface area (Å²) in [5, 5.41) is 218. The minimum absolute atomic E-state index is 0.0155. The number of rotatable bonds is 6. The van der Waals surface area contributed by atoms with E-state index in [4.69, 9.17) is 23.7 Å². The van der Waals surface area contributed by atoms with E-state index in [1.807, 2.05) is 0 Å². The van der Waals surface area contributed by atoms with Gasteiger partial charge in [-0.1, -0.05) is 18.2 Å². The van der Waals surface area contributed by atoms with Crippen molar-refractivity contribution in [1.29, 1.82) is 0 Å². The number of aliphatic hydroxyl groups is 4. The second-order valence-corrected chi connectivity index (χ2v) is 21.2.